The summed E-state index contributed by atoms with van der Waals surface area (Å²) >= 11 is 0. The van der Waals surface area contributed by atoms with Crippen molar-refractivity contribution >= 4 is 16.9 Å². The molecule has 1 heterocycles. The van der Waals surface area contributed by atoms with E-state index in [2.05, 4.69) is 5.32 Å². The van der Waals surface area contributed by atoms with Crippen molar-refractivity contribution in [2.75, 3.05) is 0 Å². The lowest BCUT2D eigenvalue weighted by Crippen LogP contribution is -2.37. The van der Waals surface area contributed by atoms with Crippen molar-refractivity contribution in [3.63, 3.8) is 0 Å². The van der Waals surface area contributed by atoms with Crippen LogP contribution in [-0.2, 0) is 17.8 Å². The summed E-state index contributed by atoms with van der Waals surface area (Å²) in [4.78, 5) is 11.3. The van der Waals surface area contributed by atoms with Crippen molar-refractivity contribution in [2.24, 2.45) is 5.92 Å². The van der Waals surface area contributed by atoms with E-state index in [4.69, 9.17) is 4.42 Å². The van der Waals surface area contributed by atoms with Crippen LogP contribution >= 0.6 is 0 Å². The van der Waals surface area contributed by atoms with Crippen molar-refractivity contribution < 1.29 is 14.3 Å². The first-order chi connectivity index (χ1) is 10.0. The third-order valence-electron chi connectivity index (χ3n) is 3.63. The number of fused-ring (bicyclic) bond motifs is 1. The fourth-order valence-electron chi connectivity index (χ4n) is 2.60. The van der Waals surface area contributed by atoms with Crippen LogP contribution in [0, 0.1) is 5.92 Å². The fourth-order valence-corrected chi connectivity index (χ4v) is 2.60. The Balaban J connectivity index is 2.20. The van der Waals surface area contributed by atoms with Gasteiger partial charge in [0.05, 0.1) is 0 Å². The molecule has 0 amide bonds. The minimum atomic E-state index is -0.797. The molecule has 0 radical (unpaired) electrons. The molecule has 2 N–H and O–H groups in total. The van der Waals surface area contributed by atoms with Crippen LogP contribution in [0.3, 0.4) is 0 Å². The van der Waals surface area contributed by atoms with E-state index in [1.54, 1.807) is 0 Å². The summed E-state index contributed by atoms with van der Waals surface area (Å²) in [5.74, 6) is 0.470. The molecular weight excluding hydrogens is 266 g/mol. The minimum absolute atomic E-state index is 0.338. The molecule has 0 fully saturated rings. The van der Waals surface area contributed by atoms with Gasteiger partial charge in [-0.3, -0.25) is 4.79 Å². The van der Waals surface area contributed by atoms with Crippen LogP contribution in [-0.4, -0.2) is 17.1 Å². The first-order valence-corrected chi connectivity index (χ1v) is 7.48. The SMILES string of the molecule is CCc1oc2ccccc2c1CNC(CC(C)C)C(=O)O. The fraction of sp³-hybridized carbons (Fsp3) is 0.471. The number of rotatable bonds is 7. The van der Waals surface area contributed by atoms with E-state index < -0.39 is 12.0 Å². The van der Waals surface area contributed by atoms with Gasteiger partial charge in [-0.1, -0.05) is 39.0 Å². The maximum Gasteiger partial charge on any atom is 0.320 e. The van der Waals surface area contributed by atoms with E-state index >= 15 is 0 Å². The highest BCUT2D eigenvalue weighted by Gasteiger charge is 2.20. The summed E-state index contributed by atoms with van der Waals surface area (Å²) in [7, 11) is 0. The van der Waals surface area contributed by atoms with Crippen LogP contribution < -0.4 is 5.32 Å². The first kappa shape index (κ1) is 15.6. The highest BCUT2D eigenvalue weighted by Crippen LogP contribution is 2.26. The number of carboxylic acid groups (broad SMARTS) is 1. The summed E-state index contributed by atoms with van der Waals surface area (Å²) < 4.78 is 5.83. The highest BCUT2D eigenvalue weighted by molar-refractivity contribution is 5.82. The molecule has 0 aliphatic carbocycles. The van der Waals surface area contributed by atoms with E-state index in [0.717, 1.165) is 28.7 Å². The molecule has 0 bridgehead atoms. The number of carbonyl (C=O) groups is 1. The van der Waals surface area contributed by atoms with Gasteiger partial charge in [0.25, 0.3) is 0 Å². The minimum Gasteiger partial charge on any atom is -0.480 e. The van der Waals surface area contributed by atoms with Crippen molar-refractivity contribution in [1.82, 2.24) is 5.32 Å². The predicted molar refractivity (Wildman–Crippen MR) is 83.3 cm³/mol. The van der Waals surface area contributed by atoms with Gasteiger partial charge in [-0.2, -0.15) is 0 Å². The van der Waals surface area contributed by atoms with Crippen LogP contribution in [0.15, 0.2) is 28.7 Å². The van der Waals surface area contributed by atoms with Crippen molar-refractivity contribution in [3.05, 3.63) is 35.6 Å². The molecule has 0 spiro atoms. The second kappa shape index (κ2) is 6.76. The van der Waals surface area contributed by atoms with Gasteiger partial charge >= 0.3 is 5.97 Å². The van der Waals surface area contributed by atoms with Crippen LogP contribution in [0.2, 0.25) is 0 Å². The lowest BCUT2D eigenvalue weighted by molar-refractivity contribution is -0.140. The second-order valence-corrected chi connectivity index (χ2v) is 5.75. The Hall–Kier alpha value is -1.81. The van der Waals surface area contributed by atoms with Crippen LogP contribution in [0.25, 0.3) is 11.0 Å². The molecule has 0 saturated carbocycles. The van der Waals surface area contributed by atoms with Crippen LogP contribution in [0.5, 0.6) is 0 Å². The number of hydrogen-bond donors (Lipinski definition) is 2. The van der Waals surface area contributed by atoms with Crippen molar-refractivity contribution in [1.29, 1.82) is 0 Å². The first-order valence-electron chi connectivity index (χ1n) is 7.48. The number of para-hydroxylation sites is 1. The van der Waals surface area contributed by atoms with E-state index in [1.807, 2.05) is 45.0 Å². The summed E-state index contributed by atoms with van der Waals surface area (Å²) in [6.07, 6.45) is 1.42. The van der Waals surface area contributed by atoms with Gasteiger partial charge in [-0.15, -0.1) is 0 Å². The summed E-state index contributed by atoms with van der Waals surface area (Å²) in [6.45, 7) is 6.62. The maximum absolute atomic E-state index is 11.3. The molecular formula is C17H23NO3. The normalized spacial score (nSPS) is 13.0. The van der Waals surface area contributed by atoms with Gasteiger partial charge < -0.3 is 14.8 Å². The number of furan rings is 1. The Bertz CT molecular complexity index is 616. The predicted octanol–water partition coefficient (Wildman–Crippen LogP) is 3.58. The van der Waals surface area contributed by atoms with Gasteiger partial charge in [-0.25, -0.2) is 0 Å². The summed E-state index contributed by atoms with van der Waals surface area (Å²) in [6, 6.07) is 7.36. The molecule has 0 aliphatic rings. The molecule has 21 heavy (non-hydrogen) atoms. The lowest BCUT2D eigenvalue weighted by Gasteiger charge is -2.16. The summed E-state index contributed by atoms with van der Waals surface area (Å²) in [5.41, 5.74) is 1.94. The molecule has 1 atom stereocenters. The van der Waals surface area contributed by atoms with Crippen molar-refractivity contribution in [2.45, 2.75) is 46.2 Å². The zero-order chi connectivity index (χ0) is 15.4. The van der Waals surface area contributed by atoms with Crippen LogP contribution in [0.4, 0.5) is 0 Å². The highest BCUT2D eigenvalue weighted by atomic mass is 16.4. The Labute approximate surface area is 125 Å². The van der Waals surface area contributed by atoms with Gasteiger partial charge in [0.15, 0.2) is 0 Å². The van der Waals surface area contributed by atoms with E-state index in [1.165, 1.54) is 0 Å². The second-order valence-electron chi connectivity index (χ2n) is 5.75. The topological polar surface area (TPSA) is 62.5 Å². The van der Waals surface area contributed by atoms with Gasteiger partial charge in [0.2, 0.25) is 0 Å². The number of aryl methyl sites for hydroxylation is 1. The van der Waals surface area contributed by atoms with E-state index in [-0.39, 0.29) is 0 Å². The van der Waals surface area contributed by atoms with E-state index in [0.29, 0.717) is 18.9 Å². The molecule has 0 saturated heterocycles. The Morgan fingerprint density at radius 3 is 2.67 bits per heavy atom. The van der Waals surface area contributed by atoms with Gasteiger partial charge in [0, 0.05) is 23.9 Å². The quantitative estimate of drug-likeness (QED) is 0.817. The average molecular weight is 289 g/mol. The Kier molecular flexibility index (Phi) is 5.02. The third kappa shape index (κ3) is 3.64. The molecule has 4 heteroatoms. The number of carboxylic acids is 1. The average Bonchev–Trinajstić information content (AvgIpc) is 2.80. The smallest absolute Gasteiger partial charge is 0.320 e. The third-order valence-corrected chi connectivity index (χ3v) is 3.63. The zero-order valence-corrected chi connectivity index (χ0v) is 12.8. The molecule has 1 unspecified atom stereocenters. The molecule has 1 aromatic heterocycles. The standard InChI is InChI=1S/C17H23NO3/c1-4-15-13(12-7-5-6-8-16(12)21-15)10-18-14(17(19)20)9-11(2)3/h5-8,11,14,18H,4,9-10H2,1-3H3,(H,19,20). The molecule has 4 nitrogen and oxygen atoms in total. The Morgan fingerprint density at radius 2 is 2.05 bits per heavy atom. The molecule has 2 aromatic rings. The number of hydrogen-bond acceptors (Lipinski definition) is 3. The van der Waals surface area contributed by atoms with Crippen molar-refractivity contribution in [3.8, 4) is 0 Å². The number of benzene rings is 1. The zero-order valence-electron chi connectivity index (χ0n) is 12.8. The number of nitrogens with one attached hydrogen (secondary N) is 1. The summed E-state index contributed by atoms with van der Waals surface area (Å²) in [5, 5.41) is 13.5. The maximum atomic E-state index is 11.3. The molecule has 1 aromatic carbocycles. The molecule has 0 aliphatic heterocycles. The molecule has 114 valence electrons. The van der Waals surface area contributed by atoms with Crippen LogP contribution in [0.1, 0.15) is 38.5 Å². The number of aliphatic carboxylic acids is 1. The van der Waals surface area contributed by atoms with E-state index in [9.17, 15) is 9.90 Å². The Morgan fingerprint density at radius 1 is 1.33 bits per heavy atom. The lowest BCUT2D eigenvalue weighted by atomic mass is 10.0. The largest absolute Gasteiger partial charge is 0.480 e. The van der Waals surface area contributed by atoms with Gasteiger partial charge in [0.1, 0.15) is 17.4 Å². The monoisotopic (exact) mass is 289 g/mol. The van der Waals surface area contributed by atoms with Gasteiger partial charge in [-0.05, 0) is 18.4 Å². The molecule has 2 rings (SSSR count).